The van der Waals surface area contributed by atoms with Crippen LogP contribution >= 0.6 is 0 Å². The summed E-state index contributed by atoms with van der Waals surface area (Å²) in [5, 5.41) is 18.0. The predicted octanol–water partition coefficient (Wildman–Crippen LogP) is 4.02. The maximum absolute atomic E-state index is 9.10. The number of hydrogen-bond donors (Lipinski definition) is 2. The molecule has 18 heavy (non-hydrogen) atoms. The number of aromatic hydroxyl groups is 2. The van der Waals surface area contributed by atoms with Gasteiger partial charge in [-0.3, -0.25) is 0 Å². The lowest BCUT2D eigenvalue weighted by atomic mass is 10.1. The van der Waals surface area contributed by atoms with Crippen LogP contribution in [-0.4, -0.2) is 10.2 Å². The smallest absolute Gasteiger partial charge is 0.118 e. The van der Waals surface area contributed by atoms with Gasteiger partial charge in [-0.2, -0.15) is 0 Å². The second-order valence-corrected chi connectivity index (χ2v) is 4.49. The molecule has 0 unspecified atom stereocenters. The average Bonchev–Trinajstić information content (AvgIpc) is 2.32. The summed E-state index contributed by atoms with van der Waals surface area (Å²) in [6.45, 7) is 7.89. The summed E-state index contributed by atoms with van der Waals surface area (Å²) in [7, 11) is 0. The lowest BCUT2D eigenvalue weighted by Gasteiger charge is -1.99. The van der Waals surface area contributed by atoms with E-state index in [0.29, 0.717) is 11.5 Å². The quantitative estimate of drug-likeness (QED) is 0.735. The van der Waals surface area contributed by atoms with Crippen molar-refractivity contribution in [2.45, 2.75) is 27.7 Å². The minimum atomic E-state index is 0.345. The van der Waals surface area contributed by atoms with Crippen LogP contribution in [0.4, 0.5) is 0 Å². The van der Waals surface area contributed by atoms with Crippen LogP contribution in [0.15, 0.2) is 36.4 Å². The van der Waals surface area contributed by atoms with Crippen molar-refractivity contribution in [3.8, 4) is 11.5 Å². The lowest BCUT2D eigenvalue weighted by Crippen LogP contribution is -1.78. The van der Waals surface area contributed by atoms with Gasteiger partial charge in [0.1, 0.15) is 11.5 Å². The van der Waals surface area contributed by atoms with E-state index in [-0.39, 0.29) is 0 Å². The molecule has 0 aliphatic rings. The number of rotatable bonds is 0. The first kappa shape index (κ1) is 14.1. The van der Waals surface area contributed by atoms with E-state index in [2.05, 4.69) is 0 Å². The van der Waals surface area contributed by atoms with E-state index in [4.69, 9.17) is 10.2 Å². The van der Waals surface area contributed by atoms with Gasteiger partial charge in [-0.15, -0.1) is 0 Å². The molecule has 2 aromatic carbocycles. The highest BCUT2D eigenvalue weighted by Crippen LogP contribution is 2.17. The molecule has 2 aromatic rings. The van der Waals surface area contributed by atoms with Crippen molar-refractivity contribution in [3.63, 3.8) is 0 Å². The standard InChI is InChI=1S/2C8H10O/c1-6-3-4-8(9)5-7(6)2;1-6-4-3-5-8(9)7(6)2/h2*3-5,9H,1-2H3. The molecule has 0 saturated heterocycles. The number of phenolic OH excluding ortho intramolecular Hbond substituents is 2. The fourth-order valence-corrected chi connectivity index (χ4v) is 1.46. The molecular formula is C16H20O2. The minimum Gasteiger partial charge on any atom is -0.508 e. The Morgan fingerprint density at radius 2 is 1.39 bits per heavy atom. The van der Waals surface area contributed by atoms with Gasteiger partial charge in [-0.05, 0) is 68.1 Å². The maximum atomic E-state index is 9.10. The largest absolute Gasteiger partial charge is 0.508 e. The number of aryl methyl sites for hydroxylation is 3. The second kappa shape index (κ2) is 6.10. The molecule has 0 amide bonds. The molecule has 0 bridgehead atoms. The lowest BCUT2D eigenvalue weighted by molar-refractivity contribution is 0.470. The Balaban J connectivity index is 0.000000180. The molecular weight excluding hydrogens is 224 g/mol. The highest BCUT2D eigenvalue weighted by atomic mass is 16.3. The van der Waals surface area contributed by atoms with Gasteiger partial charge < -0.3 is 10.2 Å². The molecule has 2 rings (SSSR count). The molecule has 2 heteroatoms. The summed E-state index contributed by atoms with van der Waals surface area (Å²) in [5.41, 5.74) is 4.45. The Kier molecular flexibility index (Phi) is 4.78. The third-order valence-electron chi connectivity index (χ3n) is 3.07. The molecule has 0 spiro atoms. The predicted molar refractivity (Wildman–Crippen MR) is 75.2 cm³/mol. The van der Waals surface area contributed by atoms with Gasteiger partial charge in [-0.25, -0.2) is 0 Å². The van der Waals surface area contributed by atoms with Gasteiger partial charge >= 0.3 is 0 Å². The topological polar surface area (TPSA) is 40.5 Å². The Labute approximate surface area is 109 Å². The van der Waals surface area contributed by atoms with Crippen molar-refractivity contribution in [1.82, 2.24) is 0 Å². The molecule has 2 N–H and O–H groups in total. The monoisotopic (exact) mass is 244 g/mol. The summed E-state index contributed by atoms with van der Waals surface area (Å²) >= 11 is 0. The summed E-state index contributed by atoms with van der Waals surface area (Å²) in [5.74, 6) is 0.730. The van der Waals surface area contributed by atoms with Crippen molar-refractivity contribution < 1.29 is 10.2 Å². The van der Waals surface area contributed by atoms with E-state index in [9.17, 15) is 0 Å². The van der Waals surface area contributed by atoms with Gasteiger partial charge in [0.05, 0.1) is 0 Å². The molecule has 0 aliphatic carbocycles. The van der Waals surface area contributed by atoms with Crippen molar-refractivity contribution in [2.75, 3.05) is 0 Å². The van der Waals surface area contributed by atoms with Gasteiger partial charge in [-0.1, -0.05) is 18.2 Å². The number of phenols is 2. The maximum Gasteiger partial charge on any atom is 0.118 e. The van der Waals surface area contributed by atoms with Crippen LogP contribution in [0.25, 0.3) is 0 Å². The first-order valence-corrected chi connectivity index (χ1v) is 5.93. The van der Waals surface area contributed by atoms with E-state index in [0.717, 1.165) is 16.7 Å². The van der Waals surface area contributed by atoms with E-state index in [1.165, 1.54) is 5.56 Å². The summed E-state index contributed by atoms with van der Waals surface area (Å²) < 4.78 is 0. The van der Waals surface area contributed by atoms with Crippen LogP contribution in [0.2, 0.25) is 0 Å². The molecule has 0 aliphatic heterocycles. The average molecular weight is 244 g/mol. The fourth-order valence-electron chi connectivity index (χ4n) is 1.46. The number of hydrogen-bond acceptors (Lipinski definition) is 2. The van der Waals surface area contributed by atoms with Crippen molar-refractivity contribution in [2.24, 2.45) is 0 Å². The Morgan fingerprint density at radius 3 is 1.83 bits per heavy atom. The van der Waals surface area contributed by atoms with E-state index < -0.39 is 0 Å². The zero-order chi connectivity index (χ0) is 13.7. The second-order valence-electron chi connectivity index (χ2n) is 4.49. The molecule has 0 heterocycles. The molecule has 0 atom stereocenters. The molecule has 0 saturated carbocycles. The summed E-state index contributed by atoms with van der Waals surface area (Å²) in [6, 6.07) is 10.9. The summed E-state index contributed by atoms with van der Waals surface area (Å²) in [6.07, 6.45) is 0. The van der Waals surface area contributed by atoms with Crippen molar-refractivity contribution in [1.29, 1.82) is 0 Å². The first-order valence-electron chi connectivity index (χ1n) is 5.93. The minimum absolute atomic E-state index is 0.345. The van der Waals surface area contributed by atoms with Crippen LogP contribution in [0.3, 0.4) is 0 Å². The van der Waals surface area contributed by atoms with E-state index in [1.54, 1.807) is 18.2 Å². The first-order chi connectivity index (χ1) is 8.41. The molecule has 0 fully saturated rings. The Bertz CT molecular complexity index is 510. The zero-order valence-corrected chi connectivity index (χ0v) is 11.4. The fraction of sp³-hybridized carbons (Fsp3) is 0.250. The van der Waals surface area contributed by atoms with E-state index in [1.807, 2.05) is 45.9 Å². The third kappa shape index (κ3) is 3.81. The Morgan fingerprint density at radius 1 is 0.722 bits per heavy atom. The van der Waals surface area contributed by atoms with Gasteiger partial charge in [0.25, 0.3) is 0 Å². The van der Waals surface area contributed by atoms with Crippen LogP contribution in [0, 0.1) is 27.7 Å². The van der Waals surface area contributed by atoms with Crippen LogP contribution in [-0.2, 0) is 0 Å². The Hall–Kier alpha value is -1.96. The van der Waals surface area contributed by atoms with Crippen LogP contribution in [0.5, 0.6) is 11.5 Å². The van der Waals surface area contributed by atoms with Crippen LogP contribution in [0.1, 0.15) is 22.3 Å². The number of benzene rings is 2. The molecule has 96 valence electrons. The van der Waals surface area contributed by atoms with Crippen molar-refractivity contribution >= 4 is 0 Å². The SMILES string of the molecule is Cc1ccc(O)cc1C.Cc1cccc(O)c1C. The summed E-state index contributed by atoms with van der Waals surface area (Å²) in [4.78, 5) is 0. The zero-order valence-electron chi connectivity index (χ0n) is 11.4. The molecule has 0 aromatic heterocycles. The van der Waals surface area contributed by atoms with Crippen LogP contribution < -0.4 is 0 Å². The highest BCUT2D eigenvalue weighted by Gasteiger charge is 1.94. The van der Waals surface area contributed by atoms with Crippen molar-refractivity contribution in [3.05, 3.63) is 58.7 Å². The third-order valence-corrected chi connectivity index (χ3v) is 3.07. The van der Waals surface area contributed by atoms with Gasteiger partial charge in [0, 0.05) is 0 Å². The highest BCUT2D eigenvalue weighted by molar-refractivity contribution is 5.36. The van der Waals surface area contributed by atoms with Gasteiger partial charge in [0.15, 0.2) is 0 Å². The molecule has 0 radical (unpaired) electrons. The van der Waals surface area contributed by atoms with Gasteiger partial charge in [0.2, 0.25) is 0 Å². The normalized spacial score (nSPS) is 9.56. The van der Waals surface area contributed by atoms with E-state index >= 15 is 0 Å². The molecule has 2 nitrogen and oxygen atoms in total.